The lowest BCUT2D eigenvalue weighted by atomic mass is 10.0. The van der Waals surface area contributed by atoms with Crippen LogP contribution in [0.25, 0.3) is 11.1 Å². The van der Waals surface area contributed by atoms with E-state index < -0.39 is 59.8 Å². The molecule has 0 saturated carbocycles. The van der Waals surface area contributed by atoms with Crippen molar-refractivity contribution in [2.24, 2.45) is 5.73 Å². The van der Waals surface area contributed by atoms with E-state index in [1.54, 1.807) is 59.5 Å². The standard InChI is InChI=1S/C41H47FN6O8/c42-29-15-11-14-28(22-29)23-33(46-40(52)54-26-27-12-3-1-4-13-27)39(51)48-25-30(55-41(53)47-20-9-2-10-21-47)24-34(48)37(50)44-32(17-7-8-19-43)36(49)38-45-31-16-5-6-18-35(31)56-38/h1,3-6,11-16,18,22,30,32-34H,2,7-10,17,19-21,23-26,43H2,(H,44,50)(H,46,52)/t30-,32+,33-,34+/m1/s1. The van der Waals surface area contributed by atoms with E-state index in [2.05, 4.69) is 15.6 Å². The van der Waals surface area contributed by atoms with Crippen molar-refractivity contribution in [2.75, 3.05) is 26.2 Å². The van der Waals surface area contributed by atoms with Crippen molar-refractivity contribution < 1.29 is 42.3 Å². The number of carbonyl (C=O) groups excluding carboxylic acids is 5. The van der Waals surface area contributed by atoms with Crippen molar-refractivity contribution in [3.63, 3.8) is 0 Å². The van der Waals surface area contributed by atoms with Gasteiger partial charge in [-0.15, -0.1) is 0 Å². The number of ether oxygens (including phenoxy) is 2. The molecule has 3 heterocycles. The van der Waals surface area contributed by atoms with Crippen molar-refractivity contribution >= 4 is 40.9 Å². The van der Waals surface area contributed by atoms with Crippen LogP contribution >= 0.6 is 0 Å². The molecule has 0 radical (unpaired) electrons. The van der Waals surface area contributed by atoms with Crippen LogP contribution in [0.15, 0.2) is 83.3 Å². The number of piperidine rings is 1. The monoisotopic (exact) mass is 770 g/mol. The van der Waals surface area contributed by atoms with Crippen molar-refractivity contribution in [1.29, 1.82) is 0 Å². The van der Waals surface area contributed by atoms with Gasteiger partial charge in [0.1, 0.15) is 36.1 Å². The molecule has 14 nitrogen and oxygen atoms in total. The topological polar surface area (TPSA) is 186 Å². The molecule has 1 aromatic heterocycles. The number of aromatic nitrogens is 1. The summed E-state index contributed by atoms with van der Waals surface area (Å²) in [5.41, 5.74) is 7.75. The van der Waals surface area contributed by atoms with E-state index in [1.165, 1.54) is 23.1 Å². The Hall–Kier alpha value is -5.83. The van der Waals surface area contributed by atoms with Gasteiger partial charge in [-0.25, -0.2) is 19.0 Å². The second-order valence-electron chi connectivity index (χ2n) is 14.1. The lowest BCUT2D eigenvalue weighted by molar-refractivity contribution is -0.140. The van der Waals surface area contributed by atoms with Gasteiger partial charge >= 0.3 is 12.2 Å². The van der Waals surface area contributed by atoms with E-state index >= 15 is 0 Å². The molecule has 4 atom stereocenters. The lowest BCUT2D eigenvalue weighted by Crippen LogP contribution is -2.56. The number of benzene rings is 3. The van der Waals surface area contributed by atoms with Crippen LogP contribution < -0.4 is 16.4 Å². The minimum absolute atomic E-state index is 0.0729. The molecule has 4 amide bonds. The molecule has 56 heavy (non-hydrogen) atoms. The molecule has 2 saturated heterocycles. The summed E-state index contributed by atoms with van der Waals surface area (Å²) in [5.74, 6) is -2.62. The largest absolute Gasteiger partial charge is 0.445 e. The van der Waals surface area contributed by atoms with Gasteiger partial charge in [-0.2, -0.15) is 0 Å². The highest BCUT2D eigenvalue weighted by Crippen LogP contribution is 2.25. The summed E-state index contributed by atoms with van der Waals surface area (Å²) in [6.45, 7) is 1.20. The van der Waals surface area contributed by atoms with Gasteiger partial charge in [-0.05, 0) is 80.5 Å². The summed E-state index contributed by atoms with van der Waals surface area (Å²) in [6.07, 6.45) is 1.43. The van der Waals surface area contributed by atoms with Crippen molar-refractivity contribution in [2.45, 2.75) is 82.2 Å². The van der Waals surface area contributed by atoms with Crippen LogP contribution in [0, 0.1) is 5.82 Å². The fourth-order valence-electron chi connectivity index (χ4n) is 7.03. The molecule has 0 bridgehead atoms. The fourth-order valence-corrected chi connectivity index (χ4v) is 7.03. The molecule has 2 fully saturated rings. The number of para-hydroxylation sites is 2. The number of nitrogens with one attached hydrogen (secondary N) is 2. The van der Waals surface area contributed by atoms with E-state index in [0.29, 0.717) is 49.1 Å². The second kappa shape index (κ2) is 19.2. The Morgan fingerprint density at radius 3 is 2.39 bits per heavy atom. The zero-order chi connectivity index (χ0) is 39.4. The molecule has 4 N–H and O–H groups in total. The maximum Gasteiger partial charge on any atom is 0.410 e. The van der Waals surface area contributed by atoms with Gasteiger partial charge in [-0.3, -0.25) is 14.4 Å². The van der Waals surface area contributed by atoms with E-state index in [1.807, 2.05) is 6.07 Å². The smallest absolute Gasteiger partial charge is 0.410 e. The molecule has 296 valence electrons. The number of oxazole rings is 1. The summed E-state index contributed by atoms with van der Waals surface area (Å²) < 4.78 is 31.4. The van der Waals surface area contributed by atoms with Gasteiger partial charge in [0.15, 0.2) is 5.58 Å². The lowest BCUT2D eigenvalue weighted by Gasteiger charge is -2.29. The molecule has 6 rings (SSSR count). The Bertz CT molecular complexity index is 1950. The highest BCUT2D eigenvalue weighted by Gasteiger charge is 2.45. The summed E-state index contributed by atoms with van der Waals surface area (Å²) in [7, 11) is 0. The molecule has 2 aliphatic heterocycles. The molecular weight excluding hydrogens is 723 g/mol. The number of unbranched alkanes of at least 4 members (excludes halogenated alkanes) is 1. The highest BCUT2D eigenvalue weighted by molar-refractivity contribution is 6.01. The first kappa shape index (κ1) is 39.9. The number of ketones is 1. The Morgan fingerprint density at radius 1 is 0.893 bits per heavy atom. The molecule has 0 spiro atoms. The van der Waals surface area contributed by atoms with Crippen LogP contribution in [0.4, 0.5) is 14.0 Å². The molecule has 3 aromatic carbocycles. The predicted octanol–water partition coefficient (Wildman–Crippen LogP) is 4.89. The quantitative estimate of drug-likeness (QED) is 0.111. The number of halogens is 1. The van der Waals surface area contributed by atoms with Gasteiger partial charge < -0.3 is 40.1 Å². The van der Waals surface area contributed by atoms with Crippen molar-refractivity contribution in [1.82, 2.24) is 25.4 Å². The van der Waals surface area contributed by atoms with Crippen LogP contribution in [-0.4, -0.2) is 95.0 Å². The summed E-state index contributed by atoms with van der Waals surface area (Å²) in [5, 5.41) is 5.44. The van der Waals surface area contributed by atoms with Crippen LogP contribution in [-0.2, 0) is 32.1 Å². The summed E-state index contributed by atoms with van der Waals surface area (Å²) >= 11 is 0. The number of Topliss-reactive ketones (excluding diaryl/α,β-unsaturated/α-hetero) is 1. The van der Waals surface area contributed by atoms with Crippen LogP contribution in [0.2, 0.25) is 0 Å². The number of hydrogen-bond donors (Lipinski definition) is 3. The average molecular weight is 771 g/mol. The van der Waals surface area contributed by atoms with Gasteiger partial charge in [0.2, 0.25) is 17.6 Å². The highest BCUT2D eigenvalue weighted by atomic mass is 19.1. The third kappa shape index (κ3) is 10.5. The van der Waals surface area contributed by atoms with E-state index in [9.17, 15) is 28.4 Å². The number of amides is 4. The number of fused-ring (bicyclic) bond motifs is 1. The number of nitrogens with two attached hydrogens (primary N) is 1. The zero-order valence-corrected chi connectivity index (χ0v) is 31.1. The third-order valence-corrected chi connectivity index (χ3v) is 9.95. The average Bonchev–Trinajstić information content (AvgIpc) is 3.85. The van der Waals surface area contributed by atoms with Crippen LogP contribution in [0.5, 0.6) is 0 Å². The molecule has 0 aliphatic carbocycles. The number of nitrogens with zero attached hydrogens (tertiary/aromatic N) is 3. The molecular formula is C41H47FN6O8. The minimum atomic E-state index is -1.31. The van der Waals surface area contributed by atoms with Crippen molar-refractivity contribution in [3.8, 4) is 0 Å². The number of hydrogen-bond acceptors (Lipinski definition) is 10. The maximum atomic E-state index is 14.6. The molecule has 0 unspecified atom stereocenters. The molecule has 2 aliphatic rings. The summed E-state index contributed by atoms with van der Waals surface area (Å²) in [6, 6.07) is 17.9. The van der Waals surface area contributed by atoms with Gasteiger partial charge in [0.25, 0.3) is 5.89 Å². The van der Waals surface area contributed by atoms with Gasteiger partial charge in [0.05, 0.1) is 12.6 Å². The maximum absolute atomic E-state index is 14.6. The number of carbonyl (C=O) groups is 5. The normalized spacial score (nSPS) is 17.9. The molecule has 15 heteroatoms. The first-order valence-electron chi connectivity index (χ1n) is 19.1. The van der Waals surface area contributed by atoms with Gasteiger partial charge in [0, 0.05) is 25.9 Å². The molecule has 4 aromatic rings. The Balaban J connectivity index is 1.25. The zero-order valence-electron chi connectivity index (χ0n) is 31.1. The first-order valence-corrected chi connectivity index (χ1v) is 19.1. The SMILES string of the molecule is NCCCC[C@H](NC(=O)[C@@H]1C[C@@H](OC(=O)N2CCCCC2)CN1C(=O)[C@@H](Cc1cccc(F)c1)NC(=O)OCc1ccccc1)C(=O)c1nc2ccccc2o1. The second-order valence-corrected chi connectivity index (χ2v) is 14.1. The minimum Gasteiger partial charge on any atom is -0.445 e. The first-order chi connectivity index (χ1) is 27.2. The number of alkyl carbamates (subject to hydrolysis) is 1. The van der Waals surface area contributed by atoms with Crippen LogP contribution in [0.3, 0.4) is 0 Å². The fraction of sp³-hybridized carbons (Fsp3) is 0.415. The Kier molecular flexibility index (Phi) is 13.6. The van der Waals surface area contributed by atoms with Crippen molar-refractivity contribution in [3.05, 3.63) is 102 Å². The predicted molar refractivity (Wildman–Crippen MR) is 203 cm³/mol. The van der Waals surface area contributed by atoms with E-state index in [0.717, 1.165) is 24.8 Å². The summed E-state index contributed by atoms with van der Waals surface area (Å²) in [4.78, 5) is 76.3. The number of rotatable bonds is 15. The van der Waals surface area contributed by atoms with E-state index in [4.69, 9.17) is 19.6 Å². The van der Waals surface area contributed by atoms with Crippen LogP contribution in [0.1, 0.15) is 66.8 Å². The van der Waals surface area contributed by atoms with E-state index in [-0.39, 0.29) is 38.3 Å². The Labute approximate surface area is 323 Å². The third-order valence-electron chi connectivity index (χ3n) is 9.95. The Morgan fingerprint density at radius 2 is 1.64 bits per heavy atom. The number of likely N-dealkylation sites (tertiary alicyclic amines) is 2. The van der Waals surface area contributed by atoms with Gasteiger partial charge in [-0.1, -0.05) is 54.6 Å².